The van der Waals surface area contributed by atoms with Crippen molar-refractivity contribution in [2.45, 2.75) is 43.3 Å². The monoisotopic (exact) mass is 356 g/mol. The largest absolute Gasteiger partial charge is 0.387 e. The minimum atomic E-state index is -0.859. The van der Waals surface area contributed by atoms with Crippen LogP contribution in [-0.2, 0) is 23.7 Å². The van der Waals surface area contributed by atoms with Gasteiger partial charge < -0.3 is 28.8 Å². The van der Waals surface area contributed by atoms with Crippen LogP contribution in [0.1, 0.15) is 23.7 Å². The normalized spacial score (nSPS) is 39.2. The number of fused-ring (bicyclic) bond motifs is 2. The third-order valence-corrected chi connectivity index (χ3v) is 4.99. The minimum absolute atomic E-state index is 0.323. The Balaban J connectivity index is 1.33. The van der Waals surface area contributed by atoms with E-state index in [0.29, 0.717) is 6.61 Å². The van der Waals surface area contributed by atoms with E-state index in [1.165, 1.54) is 0 Å². The first kappa shape index (κ1) is 16.4. The van der Waals surface area contributed by atoms with Crippen molar-refractivity contribution >= 4 is 0 Å². The average molecular weight is 356 g/mol. The van der Waals surface area contributed by atoms with E-state index in [9.17, 15) is 5.11 Å². The maximum absolute atomic E-state index is 10.8. The molecule has 0 aromatic heterocycles. The van der Waals surface area contributed by atoms with E-state index in [1.54, 1.807) is 0 Å². The Morgan fingerprint density at radius 1 is 0.692 bits per heavy atom. The first-order valence-corrected chi connectivity index (χ1v) is 8.81. The summed E-state index contributed by atoms with van der Waals surface area (Å²) in [6.45, 7) is 0.323. The second-order valence-corrected chi connectivity index (χ2v) is 6.69. The Morgan fingerprint density at radius 3 is 2.00 bits per heavy atom. The van der Waals surface area contributed by atoms with Crippen LogP contribution >= 0.6 is 0 Å². The van der Waals surface area contributed by atoms with Gasteiger partial charge in [0.1, 0.15) is 24.4 Å². The van der Waals surface area contributed by atoms with Crippen molar-refractivity contribution in [1.29, 1.82) is 0 Å². The highest BCUT2D eigenvalue weighted by atomic mass is 16.8. The fourth-order valence-electron chi connectivity index (χ4n) is 3.66. The fraction of sp³-hybridized carbons (Fsp3) is 0.400. The molecule has 0 unspecified atom stereocenters. The van der Waals surface area contributed by atoms with Gasteiger partial charge in [0.25, 0.3) is 0 Å². The zero-order chi connectivity index (χ0) is 17.5. The van der Waals surface area contributed by atoms with Crippen molar-refractivity contribution in [3.05, 3.63) is 71.8 Å². The van der Waals surface area contributed by atoms with Crippen molar-refractivity contribution in [1.82, 2.24) is 0 Å². The number of ether oxygens (including phenoxy) is 5. The Morgan fingerprint density at radius 2 is 1.31 bits per heavy atom. The summed E-state index contributed by atoms with van der Waals surface area (Å²) in [6, 6.07) is 19.3. The van der Waals surface area contributed by atoms with Crippen LogP contribution in [-0.4, -0.2) is 42.4 Å². The molecule has 0 radical (unpaired) electrons. The molecule has 6 heteroatoms. The molecule has 0 bridgehead atoms. The molecule has 6 nitrogen and oxygen atoms in total. The molecule has 2 aromatic carbocycles. The number of aliphatic hydroxyl groups excluding tert-OH is 1. The highest BCUT2D eigenvalue weighted by molar-refractivity contribution is 5.18. The van der Waals surface area contributed by atoms with E-state index < -0.39 is 43.3 Å². The fourth-order valence-corrected chi connectivity index (χ4v) is 3.66. The summed E-state index contributed by atoms with van der Waals surface area (Å²) < 4.78 is 29.6. The van der Waals surface area contributed by atoms with Crippen molar-refractivity contribution in [2.24, 2.45) is 0 Å². The summed E-state index contributed by atoms with van der Waals surface area (Å²) in [6.07, 6.45) is -4.13. The lowest BCUT2D eigenvalue weighted by atomic mass is 9.98. The summed E-state index contributed by atoms with van der Waals surface area (Å²) >= 11 is 0. The molecule has 26 heavy (non-hydrogen) atoms. The molecule has 0 aliphatic carbocycles. The van der Waals surface area contributed by atoms with E-state index in [-0.39, 0.29) is 0 Å². The van der Waals surface area contributed by atoms with Crippen LogP contribution < -0.4 is 0 Å². The van der Waals surface area contributed by atoms with Gasteiger partial charge in [0, 0.05) is 11.1 Å². The van der Waals surface area contributed by atoms with Crippen LogP contribution in [0.25, 0.3) is 0 Å². The van der Waals surface area contributed by atoms with Crippen molar-refractivity contribution in [2.75, 3.05) is 6.61 Å². The predicted molar refractivity (Wildman–Crippen MR) is 89.8 cm³/mol. The second-order valence-electron chi connectivity index (χ2n) is 6.69. The minimum Gasteiger partial charge on any atom is -0.387 e. The molecule has 0 spiro atoms. The van der Waals surface area contributed by atoms with Crippen molar-refractivity contribution < 1.29 is 28.8 Å². The Hall–Kier alpha value is -1.80. The SMILES string of the molecule is O[C@H]1[C@H]2O[C@@H](c3ccccc3)O[C@H]2O[C@H]2CO[C@@H](c3ccccc3)O[C@@H]12. The summed E-state index contributed by atoms with van der Waals surface area (Å²) in [5.74, 6) is 0. The Bertz CT molecular complexity index is 701. The summed E-state index contributed by atoms with van der Waals surface area (Å²) in [7, 11) is 0. The molecule has 3 saturated heterocycles. The first-order valence-electron chi connectivity index (χ1n) is 8.81. The van der Waals surface area contributed by atoms with E-state index in [0.717, 1.165) is 11.1 Å². The number of hydrogen-bond acceptors (Lipinski definition) is 6. The molecule has 136 valence electrons. The standard InChI is InChI=1S/C20H20O6/c21-15-16-14(11-22-18(24-16)12-7-3-1-4-8-12)23-20-17(15)25-19(26-20)13-9-5-2-6-10-13/h1-10,14-21H,11H2/t14-,15+,16+,17+,18+,19+,20+/m0/s1. The topological polar surface area (TPSA) is 66.4 Å². The van der Waals surface area contributed by atoms with Gasteiger partial charge in [0.05, 0.1) is 6.61 Å². The van der Waals surface area contributed by atoms with Gasteiger partial charge in [-0.2, -0.15) is 0 Å². The highest BCUT2D eigenvalue weighted by Gasteiger charge is 2.54. The quantitative estimate of drug-likeness (QED) is 0.891. The zero-order valence-electron chi connectivity index (χ0n) is 14.0. The summed E-state index contributed by atoms with van der Waals surface area (Å²) in [5.41, 5.74) is 1.80. The highest BCUT2D eigenvalue weighted by Crippen LogP contribution is 2.41. The van der Waals surface area contributed by atoms with Crippen LogP contribution in [0.2, 0.25) is 0 Å². The van der Waals surface area contributed by atoms with E-state index in [2.05, 4.69) is 0 Å². The number of aliphatic hydroxyl groups is 1. The lowest BCUT2D eigenvalue weighted by molar-refractivity contribution is -0.338. The first-order chi connectivity index (χ1) is 12.8. The lowest BCUT2D eigenvalue weighted by Gasteiger charge is -2.44. The number of rotatable bonds is 2. The summed E-state index contributed by atoms with van der Waals surface area (Å²) in [4.78, 5) is 0. The Labute approximate surface area is 151 Å². The number of benzene rings is 2. The van der Waals surface area contributed by atoms with Crippen molar-refractivity contribution in [3.8, 4) is 0 Å². The maximum Gasteiger partial charge on any atom is 0.190 e. The number of hydrogen-bond donors (Lipinski definition) is 1. The van der Waals surface area contributed by atoms with Gasteiger partial charge in [0.2, 0.25) is 0 Å². The molecule has 3 fully saturated rings. The van der Waals surface area contributed by atoms with Gasteiger partial charge in [-0.15, -0.1) is 0 Å². The van der Waals surface area contributed by atoms with Gasteiger partial charge in [-0.3, -0.25) is 0 Å². The van der Waals surface area contributed by atoms with Gasteiger partial charge >= 0.3 is 0 Å². The van der Waals surface area contributed by atoms with E-state index >= 15 is 0 Å². The molecule has 2 aromatic rings. The van der Waals surface area contributed by atoms with Crippen LogP contribution in [0, 0.1) is 0 Å². The van der Waals surface area contributed by atoms with Crippen LogP contribution in [0.15, 0.2) is 60.7 Å². The van der Waals surface area contributed by atoms with Gasteiger partial charge in [0.15, 0.2) is 18.9 Å². The molecular weight excluding hydrogens is 336 g/mol. The van der Waals surface area contributed by atoms with Gasteiger partial charge in [-0.05, 0) is 0 Å². The zero-order valence-corrected chi connectivity index (χ0v) is 14.0. The maximum atomic E-state index is 10.8. The third-order valence-electron chi connectivity index (χ3n) is 4.99. The van der Waals surface area contributed by atoms with E-state index in [4.69, 9.17) is 23.7 Å². The van der Waals surface area contributed by atoms with Crippen LogP contribution in [0.4, 0.5) is 0 Å². The molecule has 3 heterocycles. The van der Waals surface area contributed by atoms with Crippen LogP contribution in [0.5, 0.6) is 0 Å². The van der Waals surface area contributed by atoms with Gasteiger partial charge in [-0.1, -0.05) is 60.7 Å². The molecule has 5 rings (SSSR count). The predicted octanol–water partition coefficient (Wildman–Crippen LogP) is 2.30. The molecule has 0 amide bonds. The molecule has 0 saturated carbocycles. The molecule has 1 N–H and O–H groups in total. The average Bonchev–Trinajstić information content (AvgIpc) is 3.14. The van der Waals surface area contributed by atoms with Crippen LogP contribution in [0.3, 0.4) is 0 Å². The molecule has 7 atom stereocenters. The smallest absolute Gasteiger partial charge is 0.190 e. The van der Waals surface area contributed by atoms with Crippen molar-refractivity contribution in [3.63, 3.8) is 0 Å². The molecular formula is C20H20O6. The third kappa shape index (κ3) is 2.85. The lowest BCUT2D eigenvalue weighted by Crippen LogP contribution is -2.60. The molecule has 3 aliphatic heterocycles. The second kappa shape index (κ2) is 6.74. The van der Waals surface area contributed by atoms with E-state index in [1.807, 2.05) is 60.7 Å². The summed E-state index contributed by atoms with van der Waals surface area (Å²) in [5, 5.41) is 10.8. The van der Waals surface area contributed by atoms with Gasteiger partial charge in [-0.25, -0.2) is 0 Å². The molecule has 3 aliphatic rings. The Kier molecular flexibility index (Phi) is 4.24.